The van der Waals surface area contributed by atoms with Crippen molar-refractivity contribution >= 4 is 21.8 Å². The van der Waals surface area contributed by atoms with Crippen LogP contribution in [0.25, 0.3) is 0 Å². The van der Waals surface area contributed by atoms with Crippen LogP contribution >= 0.6 is 15.9 Å². The second kappa shape index (κ2) is 6.50. The zero-order valence-corrected chi connectivity index (χ0v) is 12.6. The van der Waals surface area contributed by atoms with Crippen molar-refractivity contribution in [3.63, 3.8) is 0 Å². The Bertz CT molecular complexity index is 436. The Balaban J connectivity index is 1.83. The summed E-state index contributed by atoms with van der Waals surface area (Å²) in [5.74, 6) is 0.00418. The Morgan fingerprint density at radius 2 is 2.21 bits per heavy atom. The molecule has 1 fully saturated rings. The number of amides is 1. The lowest BCUT2D eigenvalue weighted by Gasteiger charge is -2.18. The smallest absolute Gasteiger partial charge is 0.234 e. The van der Waals surface area contributed by atoms with Crippen molar-refractivity contribution < 1.29 is 9.90 Å². The first kappa shape index (κ1) is 14.5. The highest BCUT2D eigenvalue weighted by Gasteiger charge is 2.22. The van der Waals surface area contributed by atoms with Gasteiger partial charge in [0, 0.05) is 17.6 Å². The van der Waals surface area contributed by atoms with Crippen LogP contribution < -0.4 is 5.32 Å². The number of β-amino-alcohol motifs (C(OH)–C–C–N with tert-alkyl or cyclic N) is 1. The maximum atomic E-state index is 11.9. The zero-order valence-electron chi connectivity index (χ0n) is 11.0. The van der Waals surface area contributed by atoms with Gasteiger partial charge in [0.15, 0.2) is 0 Å². The third kappa shape index (κ3) is 4.30. The van der Waals surface area contributed by atoms with E-state index in [0.29, 0.717) is 13.1 Å². The molecule has 0 saturated carbocycles. The number of hydrogen-bond acceptors (Lipinski definition) is 3. The van der Waals surface area contributed by atoms with Gasteiger partial charge in [-0.2, -0.15) is 0 Å². The highest BCUT2D eigenvalue weighted by Crippen LogP contribution is 2.16. The van der Waals surface area contributed by atoms with E-state index in [4.69, 9.17) is 0 Å². The predicted molar refractivity (Wildman–Crippen MR) is 77.8 cm³/mol. The van der Waals surface area contributed by atoms with E-state index in [0.717, 1.165) is 23.0 Å². The molecular formula is C14H19BrN2O2. The van der Waals surface area contributed by atoms with Crippen LogP contribution in [0.15, 0.2) is 28.7 Å². The number of hydrogen-bond donors (Lipinski definition) is 2. The number of rotatable bonds is 4. The van der Waals surface area contributed by atoms with Crippen molar-refractivity contribution in [2.24, 2.45) is 0 Å². The van der Waals surface area contributed by atoms with Gasteiger partial charge in [-0.3, -0.25) is 9.69 Å². The molecule has 1 saturated heterocycles. The minimum absolute atomic E-state index is 0.00418. The normalized spacial score (nSPS) is 21.3. The molecule has 1 aliphatic rings. The standard InChI is InChI=1S/C14H19BrN2O2/c1-10(11-2-4-12(15)5-3-11)16-14(19)9-17-7-6-13(18)8-17/h2-5,10,13,18H,6-9H2,1H3,(H,16,19)/t10?,13-/m1/s1. The van der Waals surface area contributed by atoms with Crippen LogP contribution in [0.4, 0.5) is 0 Å². The molecule has 1 aromatic rings. The summed E-state index contributed by atoms with van der Waals surface area (Å²) in [7, 11) is 0. The van der Waals surface area contributed by atoms with Crippen molar-refractivity contribution in [1.82, 2.24) is 10.2 Å². The average Bonchev–Trinajstić information content (AvgIpc) is 2.75. The molecule has 2 N–H and O–H groups in total. The lowest BCUT2D eigenvalue weighted by molar-refractivity contribution is -0.122. The fraction of sp³-hybridized carbons (Fsp3) is 0.500. The Kier molecular flexibility index (Phi) is 4.96. The lowest BCUT2D eigenvalue weighted by Crippen LogP contribution is -2.37. The number of likely N-dealkylation sites (tertiary alicyclic amines) is 1. The van der Waals surface area contributed by atoms with Crippen LogP contribution in [0.1, 0.15) is 24.9 Å². The van der Waals surface area contributed by atoms with Crippen LogP contribution in [-0.4, -0.2) is 41.7 Å². The molecule has 1 aliphatic heterocycles. The number of nitrogens with zero attached hydrogens (tertiary/aromatic N) is 1. The number of halogens is 1. The van der Waals surface area contributed by atoms with Gasteiger partial charge >= 0.3 is 0 Å². The molecular weight excluding hydrogens is 308 g/mol. The summed E-state index contributed by atoms with van der Waals surface area (Å²) < 4.78 is 1.03. The third-order valence-corrected chi connectivity index (χ3v) is 3.89. The molecule has 19 heavy (non-hydrogen) atoms. The van der Waals surface area contributed by atoms with Gasteiger partial charge in [0.1, 0.15) is 0 Å². The van der Waals surface area contributed by atoms with E-state index in [2.05, 4.69) is 21.2 Å². The first-order valence-corrected chi connectivity index (χ1v) is 7.29. The molecule has 5 heteroatoms. The maximum Gasteiger partial charge on any atom is 0.234 e. The van der Waals surface area contributed by atoms with Gasteiger partial charge in [0.2, 0.25) is 5.91 Å². The van der Waals surface area contributed by atoms with E-state index in [-0.39, 0.29) is 18.1 Å². The van der Waals surface area contributed by atoms with Gasteiger partial charge in [-0.15, -0.1) is 0 Å². The first-order valence-electron chi connectivity index (χ1n) is 6.50. The number of nitrogens with one attached hydrogen (secondary N) is 1. The summed E-state index contributed by atoms with van der Waals surface area (Å²) in [5, 5.41) is 12.4. The summed E-state index contributed by atoms with van der Waals surface area (Å²) in [6.07, 6.45) is 0.479. The first-order chi connectivity index (χ1) is 9.04. The van der Waals surface area contributed by atoms with Crippen LogP contribution in [0.2, 0.25) is 0 Å². The summed E-state index contributed by atoms with van der Waals surface area (Å²) in [6.45, 7) is 3.72. The number of benzene rings is 1. The third-order valence-electron chi connectivity index (χ3n) is 3.36. The molecule has 1 amide bonds. The molecule has 2 rings (SSSR count). The molecule has 1 unspecified atom stereocenters. The Morgan fingerprint density at radius 3 is 2.79 bits per heavy atom. The van der Waals surface area contributed by atoms with Crippen molar-refractivity contribution in [3.8, 4) is 0 Å². The Labute approximate surface area is 121 Å². The number of carbonyl (C=O) groups excluding carboxylic acids is 1. The van der Waals surface area contributed by atoms with E-state index in [1.807, 2.05) is 36.1 Å². The molecule has 4 nitrogen and oxygen atoms in total. The SMILES string of the molecule is CC(NC(=O)CN1CC[C@@H](O)C1)c1ccc(Br)cc1. The minimum Gasteiger partial charge on any atom is -0.392 e. The van der Waals surface area contributed by atoms with Crippen molar-refractivity contribution in [2.75, 3.05) is 19.6 Å². The van der Waals surface area contributed by atoms with Gasteiger partial charge in [0.05, 0.1) is 18.7 Å². The van der Waals surface area contributed by atoms with E-state index in [1.54, 1.807) is 0 Å². The van der Waals surface area contributed by atoms with Crippen molar-refractivity contribution in [1.29, 1.82) is 0 Å². The predicted octanol–water partition coefficient (Wildman–Crippen LogP) is 1.69. The molecule has 0 spiro atoms. The minimum atomic E-state index is -0.281. The number of aliphatic hydroxyl groups is 1. The Morgan fingerprint density at radius 1 is 1.53 bits per heavy atom. The van der Waals surface area contributed by atoms with Crippen LogP contribution in [0, 0.1) is 0 Å². The Hall–Kier alpha value is -0.910. The second-order valence-electron chi connectivity index (χ2n) is 5.02. The van der Waals surface area contributed by atoms with Gasteiger partial charge in [-0.25, -0.2) is 0 Å². The van der Waals surface area contributed by atoms with Crippen molar-refractivity contribution in [3.05, 3.63) is 34.3 Å². The van der Waals surface area contributed by atoms with Gasteiger partial charge in [0.25, 0.3) is 0 Å². The van der Waals surface area contributed by atoms with Crippen LogP contribution in [0.5, 0.6) is 0 Å². The molecule has 0 aromatic heterocycles. The summed E-state index contributed by atoms with van der Waals surface area (Å²) in [5.41, 5.74) is 1.08. The molecule has 0 bridgehead atoms. The fourth-order valence-corrected chi connectivity index (χ4v) is 2.55. The van der Waals surface area contributed by atoms with E-state index >= 15 is 0 Å². The molecule has 2 atom stereocenters. The van der Waals surface area contributed by atoms with Gasteiger partial charge in [-0.1, -0.05) is 28.1 Å². The summed E-state index contributed by atoms with van der Waals surface area (Å²) in [4.78, 5) is 13.9. The highest BCUT2D eigenvalue weighted by molar-refractivity contribution is 9.10. The van der Waals surface area contributed by atoms with Gasteiger partial charge < -0.3 is 10.4 Å². The molecule has 1 heterocycles. The monoisotopic (exact) mass is 326 g/mol. The van der Waals surface area contributed by atoms with Crippen LogP contribution in [0.3, 0.4) is 0 Å². The second-order valence-corrected chi connectivity index (χ2v) is 5.93. The highest BCUT2D eigenvalue weighted by atomic mass is 79.9. The number of carbonyl (C=O) groups is 1. The molecule has 0 aliphatic carbocycles. The topological polar surface area (TPSA) is 52.6 Å². The van der Waals surface area contributed by atoms with Crippen LogP contribution in [-0.2, 0) is 4.79 Å². The molecule has 1 aromatic carbocycles. The van der Waals surface area contributed by atoms with Gasteiger partial charge in [-0.05, 0) is 31.0 Å². The summed E-state index contributed by atoms with van der Waals surface area (Å²) in [6, 6.07) is 7.92. The average molecular weight is 327 g/mol. The quantitative estimate of drug-likeness (QED) is 0.885. The molecule has 104 valence electrons. The fourth-order valence-electron chi connectivity index (χ4n) is 2.28. The summed E-state index contributed by atoms with van der Waals surface area (Å²) >= 11 is 3.39. The zero-order chi connectivity index (χ0) is 13.8. The van der Waals surface area contributed by atoms with E-state index in [9.17, 15) is 9.90 Å². The lowest BCUT2D eigenvalue weighted by atomic mass is 10.1. The maximum absolute atomic E-state index is 11.9. The molecule has 0 radical (unpaired) electrons. The van der Waals surface area contributed by atoms with E-state index < -0.39 is 0 Å². The number of aliphatic hydroxyl groups excluding tert-OH is 1. The van der Waals surface area contributed by atoms with E-state index in [1.165, 1.54) is 0 Å². The largest absolute Gasteiger partial charge is 0.392 e. The van der Waals surface area contributed by atoms with Crippen molar-refractivity contribution in [2.45, 2.75) is 25.5 Å².